The minimum atomic E-state index is -0.933. The first-order valence-electron chi connectivity index (χ1n) is 9.41. The number of methoxy groups -OCH3 is 2. The van der Waals surface area contributed by atoms with Gasteiger partial charge >= 0.3 is 0 Å². The molecule has 0 spiro atoms. The Hall–Kier alpha value is -2.30. The van der Waals surface area contributed by atoms with E-state index in [0.29, 0.717) is 11.3 Å². The first-order chi connectivity index (χ1) is 14.3. The summed E-state index contributed by atoms with van der Waals surface area (Å²) in [6.45, 7) is 1.90. The zero-order valence-corrected chi connectivity index (χ0v) is 19.2. The van der Waals surface area contributed by atoms with Crippen LogP contribution >= 0.6 is 22.6 Å². The lowest BCUT2D eigenvalue weighted by Crippen LogP contribution is -2.49. The molecule has 0 bridgehead atoms. The summed E-state index contributed by atoms with van der Waals surface area (Å²) in [4.78, 5) is 41.8. The summed E-state index contributed by atoms with van der Waals surface area (Å²) in [5.41, 5.74) is 1.85. The van der Waals surface area contributed by atoms with Gasteiger partial charge in [0.15, 0.2) is 6.29 Å². The van der Waals surface area contributed by atoms with E-state index in [1.54, 1.807) is 30.3 Å². The highest BCUT2D eigenvalue weighted by Gasteiger charge is 2.45. The van der Waals surface area contributed by atoms with Crippen LogP contribution in [0.2, 0.25) is 0 Å². The predicted molar refractivity (Wildman–Crippen MR) is 120 cm³/mol. The molecule has 2 aromatic carbocycles. The van der Waals surface area contributed by atoms with E-state index in [4.69, 9.17) is 9.47 Å². The summed E-state index contributed by atoms with van der Waals surface area (Å²) < 4.78 is 11.5. The number of carbonyl (C=O) groups is 3. The SMILES string of the molecule is COC(CN(C(=O)c1cccc(C)c1)C1CC(=O)N(c2ccc(I)cc2)C1=O)OC. The minimum absolute atomic E-state index is 0.0178. The lowest BCUT2D eigenvalue weighted by molar-refractivity contribution is -0.128. The molecule has 1 aliphatic rings. The summed E-state index contributed by atoms with van der Waals surface area (Å²) in [5.74, 6) is -1.14. The van der Waals surface area contributed by atoms with E-state index in [-0.39, 0.29) is 24.8 Å². The predicted octanol–water partition coefficient (Wildman–Crippen LogP) is 2.99. The van der Waals surface area contributed by atoms with Gasteiger partial charge in [0.25, 0.3) is 11.8 Å². The Morgan fingerprint density at radius 2 is 1.83 bits per heavy atom. The maximum Gasteiger partial charge on any atom is 0.257 e. The van der Waals surface area contributed by atoms with Gasteiger partial charge in [-0.15, -0.1) is 0 Å². The van der Waals surface area contributed by atoms with Gasteiger partial charge in [0.1, 0.15) is 6.04 Å². The van der Waals surface area contributed by atoms with Crippen molar-refractivity contribution in [3.8, 4) is 0 Å². The van der Waals surface area contributed by atoms with Gasteiger partial charge in [-0.3, -0.25) is 14.4 Å². The number of anilines is 1. The smallest absolute Gasteiger partial charge is 0.257 e. The van der Waals surface area contributed by atoms with Crippen LogP contribution in [-0.2, 0) is 19.1 Å². The van der Waals surface area contributed by atoms with Gasteiger partial charge < -0.3 is 14.4 Å². The molecule has 3 rings (SSSR count). The molecule has 2 aromatic rings. The van der Waals surface area contributed by atoms with Crippen LogP contribution in [0.1, 0.15) is 22.3 Å². The van der Waals surface area contributed by atoms with E-state index in [0.717, 1.165) is 14.0 Å². The molecule has 0 N–H and O–H groups in total. The number of imide groups is 1. The largest absolute Gasteiger partial charge is 0.354 e. The molecule has 8 heteroatoms. The fraction of sp³-hybridized carbons (Fsp3) is 0.318. The molecule has 1 unspecified atom stereocenters. The number of amides is 3. The van der Waals surface area contributed by atoms with Gasteiger partial charge in [-0.2, -0.15) is 0 Å². The fourth-order valence-corrected chi connectivity index (χ4v) is 3.78. The number of rotatable bonds is 7. The lowest BCUT2D eigenvalue weighted by Gasteiger charge is -2.30. The molecular formula is C22H23IN2O5. The van der Waals surface area contributed by atoms with Crippen LogP contribution < -0.4 is 4.90 Å². The number of benzene rings is 2. The third-order valence-corrected chi connectivity index (χ3v) is 5.70. The minimum Gasteiger partial charge on any atom is -0.354 e. The van der Waals surface area contributed by atoms with Crippen LogP contribution in [0.4, 0.5) is 5.69 Å². The van der Waals surface area contributed by atoms with Crippen molar-refractivity contribution in [1.82, 2.24) is 4.90 Å². The molecule has 1 saturated heterocycles. The number of ether oxygens (including phenoxy) is 2. The molecule has 0 saturated carbocycles. The van der Waals surface area contributed by atoms with Crippen molar-refractivity contribution in [3.63, 3.8) is 0 Å². The summed E-state index contributed by atoms with van der Waals surface area (Å²) in [5, 5.41) is 0. The number of hydrogen-bond acceptors (Lipinski definition) is 5. The highest BCUT2D eigenvalue weighted by atomic mass is 127. The van der Waals surface area contributed by atoms with E-state index in [1.165, 1.54) is 19.1 Å². The molecule has 0 radical (unpaired) electrons. The number of hydrogen-bond donors (Lipinski definition) is 0. The van der Waals surface area contributed by atoms with Gasteiger partial charge in [0, 0.05) is 23.4 Å². The Kier molecular flexibility index (Phi) is 7.22. The van der Waals surface area contributed by atoms with Gasteiger partial charge in [0.05, 0.1) is 18.7 Å². The van der Waals surface area contributed by atoms with Crippen molar-refractivity contribution in [2.24, 2.45) is 0 Å². The van der Waals surface area contributed by atoms with Crippen molar-refractivity contribution in [3.05, 3.63) is 63.2 Å². The molecule has 7 nitrogen and oxygen atoms in total. The fourth-order valence-electron chi connectivity index (χ4n) is 3.42. The van der Waals surface area contributed by atoms with Crippen LogP contribution in [0.25, 0.3) is 0 Å². The normalized spacial score (nSPS) is 16.4. The van der Waals surface area contributed by atoms with E-state index >= 15 is 0 Å². The third kappa shape index (κ3) is 4.71. The highest BCUT2D eigenvalue weighted by Crippen LogP contribution is 2.27. The quantitative estimate of drug-likeness (QED) is 0.318. The number of aryl methyl sites for hydroxylation is 1. The van der Waals surface area contributed by atoms with E-state index < -0.39 is 18.2 Å². The summed E-state index contributed by atoms with van der Waals surface area (Å²) in [6, 6.07) is 13.3. The maximum absolute atomic E-state index is 13.3. The van der Waals surface area contributed by atoms with Gasteiger partial charge in [-0.25, -0.2) is 4.90 Å². The number of nitrogens with zero attached hydrogens (tertiary/aromatic N) is 2. The van der Waals surface area contributed by atoms with E-state index in [2.05, 4.69) is 22.6 Å². The van der Waals surface area contributed by atoms with E-state index in [9.17, 15) is 14.4 Å². The van der Waals surface area contributed by atoms with Crippen molar-refractivity contribution >= 4 is 46.0 Å². The molecule has 0 aromatic heterocycles. The first-order valence-corrected chi connectivity index (χ1v) is 10.5. The van der Waals surface area contributed by atoms with Crippen molar-refractivity contribution in [1.29, 1.82) is 0 Å². The average Bonchev–Trinajstić information content (AvgIpc) is 3.03. The van der Waals surface area contributed by atoms with Crippen molar-refractivity contribution < 1.29 is 23.9 Å². The summed E-state index contributed by atoms with van der Waals surface area (Å²) >= 11 is 2.16. The van der Waals surface area contributed by atoms with Gasteiger partial charge in [-0.1, -0.05) is 17.7 Å². The molecule has 1 heterocycles. The van der Waals surface area contributed by atoms with Crippen LogP contribution in [0.5, 0.6) is 0 Å². The molecule has 1 atom stereocenters. The Morgan fingerprint density at radius 3 is 2.43 bits per heavy atom. The average molecular weight is 522 g/mol. The molecule has 3 amide bonds. The topological polar surface area (TPSA) is 76.2 Å². The zero-order chi connectivity index (χ0) is 21.8. The van der Waals surface area contributed by atoms with Crippen LogP contribution in [-0.4, -0.2) is 55.7 Å². The second-order valence-electron chi connectivity index (χ2n) is 6.99. The zero-order valence-electron chi connectivity index (χ0n) is 17.0. The van der Waals surface area contributed by atoms with Crippen molar-refractivity contribution in [2.75, 3.05) is 25.7 Å². The van der Waals surface area contributed by atoms with Crippen molar-refractivity contribution in [2.45, 2.75) is 25.7 Å². The Labute approximate surface area is 189 Å². The third-order valence-electron chi connectivity index (χ3n) is 4.98. The molecule has 1 fully saturated rings. The Balaban J connectivity index is 1.94. The van der Waals surface area contributed by atoms with Crippen LogP contribution in [0, 0.1) is 10.5 Å². The Morgan fingerprint density at radius 1 is 1.17 bits per heavy atom. The standard InChI is InChI=1S/C22H23IN2O5/c1-14-5-4-6-15(11-14)21(27)24(13-20(29-2)30-3)18-12-19(26)25(22(18)28)17-9-7-16(23)8-10-17/h4-11,18,20H,12-13H2,1-3H3. The van der Waals surface area contributed by atoms with E-state index in [1.807, 2.05) is 25.1 Å². The summed E-state index contributed by atoms with van der Waals surface area (Å²) in [6.07, 6.45) is -0.822. The van der Waals surface area contributed by atoms with Gasteiger partial charge in [-0.05, 0) is 65.9 Å². The number of halogens is 1. The Bertz CT molecular complexity index is 943. The lowest BCUT2D eigenvalue weighted by atomic mass is 10.1. The maximum atomic E-state index is 13.3. The number of carbonyl (C=O) groups excluding carboxylic acids is 3. The first kappa shape index (κ1) is 22.4. The molecule has 30 heavy (non-hydrogen) atoms. The second-order valence-corrected chi connectivity index (χ2v) is 8.24. The second kappa shape index (κ2) is 9.67. The molecule has 158 valence electrons. The monoisotopic (exact) mass is 522 g/mol. The molecule has 0 aliphatic carbocycles. The van der Waals surface area contributed by atoms with Gasteiger partial charge in [0.2, 0.25) is 5.91 Å². The molecule has 1 aliphatic heterocycles. The highest BCUT2D eigenvalue weighted by molar-refractivity contribution is 14.1. The summed E-state index contributed by atoms with van der Waals surface area (Å²) in [7, 11) is 2.92. The van der Waals surface area contributed by atoms with Crippen LogP contribution in [0.3, 0.4) is 0 Å². The molecular weight excluding hydrogens is 499 g/mol. The van der Waals surface area contributed by atoms with Crippen LogP contribution in [0.15, 0.2) is 48.5 Å².